The fourth-order valence-corrected chi connectivity index (χ4v) is 5.81. The Bertz CT molecular complexity index is 1740. The van der Waals surface area contributed by atoms with Gasteiger partial charge in [-0.3, -0.25) is 28.5 Å². The third-order valence-electron chi connectivity index (χ3n) is 8.61. The van der Waals surface area contributed by atoms with Crippen LogP contribution in [-0.2, 0) is 22.7 Å². The number of benzene rings is 2. The van der Waals surface area contributed by atoms with Crippen LogP contribution in [-0.4, -0.2) is 93.1 Å². The summed E-state index contributed by atoms with van der Waals surface area (Å²) in [4.78, 5) is 57.8. The van der Waals surface area contributed by atoms with Gasteiger partial charge >= 0.3 is 0 Å². The third-order valence-corrected chi connectivity index (χ3v) is 8.61. The lowest BCUT2D eigenvalue weighted by molar-refractivity contribution is -0.136. The number of fused-ring (bicyclic) bond motifs is 2. The van der Waals surface area contributed by atoms with Crippen molar-refractivity contribution in [3.63, 3.8) is 0 Å². The zero-order valence-electron chi connectivity index (χ0n) is 31.3. The number of ketones is 2. The number of ether oxygens (including phenoxy) is 2. The minimum atomic E-state index is -0.655. The maximum Gasteiger partial charge on any atom is 0.244 e. The van der Waals surface area contributed by atoms with Gasteiger partial charge in [0.05, 0.1) is 25.3 Å². The highest BCUT2D eigenvalue weighted by Crippen LogP contribution is 2.30. The van der Waals surface area contributed by atoms with Gasteiger partial charge in [-0.25, -0.2) is 0 Å². The molecular formula is C38H52N6O6. The van der Waals surface area contributed by atoms with Gasteiger partial charge < -0.3 is 19.3 Å². The smallest absolute Gasteiger partial charge is 0.244 e. The van der Waals surface area contributed by atoms with E-state index in [1.54, 1.807) is 69.8 Å². The van der Waals surface area contributed by atoms with Crippen LogP contribution in [0.5, 0.6) is 11.5 Å². The van der Waals surface area contributed by atoms with Gasteiger partial charge in [0.2, 0.25) is 11.8 Å². The molecule has 0 aliphatic rings. The first-order valence-corrected chi connectivity index (χ1v) is 17.3. The minimum absolute atomic E-state index is 0.0749. The van der Waals surface area contributed by atoms with Crippen LogP contribution in [0, 0.1) is 10.8 Å². The summed E-state index contributed by atoms with van der Waals surface area (Å²) in [6.45, 7) is 16.5. The lowest BCUT2D eigenvalue weighted by atomic mass is 9.88. The van der Waals surface area contributed by atoms with E-state index in [1.165, 1.54) is 0 Å². The van der Waals surface area contributed by atoms with Crippen LogP contribution in [0.2, 0.25) is 0 Å². The molecule has 50 heavy (non-hydrogen) atoms. The predicted octanol–water partition coefficient (Wildman–Crippen LogP) is 6.04. The van der Waals surface area contributed by atoms with Crippen molar-refractivity contribution in [3.05, 3.63) is 47.8 Å². The van der Waals surface area contributed by atoms with Gasteiger partial charge in [0.25, 0.3) is 0 Å². The quantitative estimate of drug-likeness (QED) is 0.138. The molecule has 0 unspecified atom stereocenters. The number of carbonyl (C=O) groups excluding carboxylic acids is 4. The Morgan fingerprint density at radius 2 is 0.980 bits per heavy atom. The second kappa shape index (κ2) is 15.4. The molecule has 0 aliphatic carbocycles. The van der Waals surface area contributed by atoms with E-state index in [4.69, 9.17) is 9.47 Å². The van der Waals surface area contributed by atoms with Crippen LogP contribution < -0.4 is 9.47 Å². The maximum absolute atomic E-state index is 13.8. The summed E-state index contributed by atoms with van der Waals surface area (Å²) < 4.78 is 14.0. The van der Waals surface area contributed by atoms with E-state index < -0.39 is 10.8 Å². The molecule has 0 fully saturated rings. The maximum atomic E-state index is 13.8. The molecule has 270 valence electrons. The fourth-order valence-electron chi connectivity index (χ4n) is 5.81. The molecule has 12 nitrogen and oxygen atoms in total. The number of nitrogens with zero attached hydrogens (tertiary/aromatic N) is 6. The Balaban J connectivity index is 1.57. The molecule has 2 heterocycles. The lowest BCUT2D eigenvalue weighted by Gasteiger charge is -2.28. The second-order valence-electron chi connectivity index (χ2n) is 14.7. The topological polar surface area (TPSA) is 129 Å². The number of rotatable bonds is 15. The number of hydrogen-bond donors (Lipinski definition) is 0. The molecule has 2 amide bonds. The Morgan fingerprint density at radius 3 is 1.28 bits per heavy atom. The molecule has 4 aromatic rings. The Morgan fingerprint density at radius 1 is 0.620 bits per heavy atom. The highest BCUT2D eigenvalue weighted by molar-refractivity contribution is 6.09. The van der Waals surface area contributed by atoms with Crippen molar-refractivity contribution in [1.82, 2.24) is 29.4 Å². The molecule has 0 spiro atoms. The summed E-state index contributed by atoms with van der Waals surface area (Å²) in [5.74, 6) is 0.616. The van der Waals surface area contributed by atoms with Crippen molar-refractivity contribution in [1.29, 1.82) is 0 Å². The van der Waals surface area contributed by atoms with Crippen LogP contribution in [0.3, 0.4) is 0 Å². The van der Waals surface area contributed by atoms with Crippen molar-refractivity contribution < 1.29 is 28.7 Å². The van der Waals surface area contributed by atoms with Gasteiger partial charge in [0.15, 0.2) is 11.6 Å². The SMILES string of the molecule is CCCN(CCN(CCC)C(=O)Cn1nc(C(=O)C(C)(C)C)c2ccc(OC)cc21)C(=O)Cn1nc(C(=O)C(C)(C)C)c2ccc(OC)cc21. The summed E-state index contributed by atoms with van der Waals surface area (Å²) in [7, 11) is 3.13. The molecule has 0 saturated heterocycles. The largest absolute Gasteiger partial charge is 0.497 e. The van der Waals surface area contributed by atoms with Crippen molar-refractivity contribution in [2.45, 2.75) is 81.3 Å². The minimum Gasteiger partial charge on any atom is -0.497 e. The summed E-state index contributed by atoms with van der Waals surface area (Å²) in [5, 5.41) is 10.6. The number of carbonyl (C=O) groups is 4. The van der Waals surface area contributed by atoms with Crippen LogP contribution in [0.25, 0.3) is 21.8 Å². The molecule has 4 rings (SSSR count). The molecule has 0 radical (unpaired) electrons. The summed E-state index contributed by atoms with van der Waals surface area (Å²) in [5.41, 5.74) is 0.603. The van der Waals surface area contributed by atoms with Gasteiger partial charge in [0, 0.05) is 59.9 Å². The van der Waals surface area contributed by atoms with Gasteiger partial charge in [-0.15, -0.1) is 0 Å². The number of hydrogen-bond acceptors (Lipinski definition) is 8. The summed E-state index contributed by atoms with van der Waals surface area (Å²) in [6.07, 6.45) is 1.45. The molecule has 0 aliphatic heterocycles. The normalized spacial score (nSPS) is 12.0. The Labute approximate surface area is 294 Å². The van der Waals surface area contributed by atoms with E-state index in [2.05, 4.69) is 10.2 Å². The first-order chi connectivity index (χ1) is 23.5. The van der Waals surface area contributed by atoms with Crippen LogP contribution in [0.15, 0.2) is 36.4 Å². The van der Waals surface area contributed by atoms with E-state index in [9.17, 15) is 19.2 Å². The number of Topliss-reactive ketones (excluding diaryl/α,β-unsaturated/α-hetero) is 2. The van der Waals surface area contributed by atoms with E-state index in [1.807, 2.05) is 55.4 Å². The molecule has 2 aromatic heterocycles. The highest BCUT2D eigenvalue weighted by Gasteiger charge is 2.30. The molecule has 0 N–H and O–H groups in total. The zero-order valence-corrected chi connectivity index (χ0v) is 31.3. The zero-order chi connectivity index (χ0) is 37.0. The van der Waals surface area contributed by atoms with Crippen LogP contribution >= 0.6 is 0 Å². The Hall–Kier alpha value is -4.74. The van der Waals surface area contributed by atoms with E-state index in [0.717, 1.165) is 12.8 Å². The molecular weight excluding hydrogens is 636 g/mol. The molecule has 0 atom stereocenters. The standard InChI is InChI=1S/C38H52N6O6/c1-11-17-41(31(45)23-43-29-21-25(49-9)13-15-27(29)33(39-43)35(47)37(3,4)5)19-20-42(18-12-2)32(46)24-44-30-22-26(50-10)14-16-28(30)34(40-44)36(48)38(6,7)8/h13-16,21-22H,11-12,17-20,23-24H2,1-10H3. The average molecular weight is 689 g/mol. The monoisotopic (exact) mass is 688 g/mol. The van der Waals surface area contributed by atoms with Crippen LogP contribution in [0.1, 0.15) is 89.2 Å². The van der Waals surface area contributed by atoms with Gasteiger partial charge in [-0.05, 0) is 37.1 Å². The van der Waals surface area contributed by atoms with Crippen molar-refractivity contribution in [3.8, 4) is 11.5 Å². The predicted molar refractivity (Wildman–Crippen MR) is 194 cm³/mol. The van der Waals surface area contributed by atoms with Crippen molar-refractivity contribution >= 4 is 45.2 Å². The van der Waals surface area contributed by atoms with Gasteiger partial charge in [-0.1, -0.05) is 55.4 Å². The molecule has 12 heteroatoms. The first kappa shape index (κ1) is 38.1. The number of aromatic nitrogens is 4. The highest BCUT2D eigenvalue weighted by atomic mass is 16.5. The molecule has 0 bridgehead atoms. The van der Waals surface area contributed by atoms with E-state index in [0.29, 0.717) is 70.9 Å². The van der Waals surface area contributed by atoms with Crippen molar-refractivity contribution in [2.75, 3.05) is 40.4 Å². The number of amides is 2. The summed E-state index contributed by atoms with van der Waals surface area (Å²) in [6, 6.07) is 10.8. The molecule has 2 aromatic carbocycles. The van der Waals surface area contributed by atoms with E-state index in [-0.39, 0.29) is 36.5 Å². The van der Waals surface area contributed by atoms with Crippen LogP contribution in [0.4, 0.5) is 0 Å². The first-order valence-electron chi connectivity index (χ1n) is 17.3. The molecule has 0 saturated carbocycles. The van der Waals surface area contributed by atoms with Gasteiger partial charge in [0.1, 0.15) is 36.0 Å². The average Bonchev–Trinajstić information content (AvgIpc) is 3.61. The number of methoxy groups -OCH3 is 2. The third kappa shape index (κ3) is 8.34. The van der Waals surface area contributed by atoms with E-state index >= 15 is 0 Å². The van der Waals surface area contributed by atoms with Crippen molar-refractivity contribution in [2.24, 2.45) is 10.8 Å². The Kier molecular flexibility index (Phi) is 11.8. The second-order valence-corrected chi connectivity index (χ2v) is 14.7. The summed E-state index contributed by atoms with van der Waals surface area (Å²) >= 11 is 0. The fraction of sp³-hybridized carbons (Fsp3) is 0.526. The van der Waals surface area contributed by atoms with Gasteiger partial charge in [-0.2, -0.15) is 10.2 Å². The lowest BCUT2D eigenvalue weighted by Crippen LogP contribution is -2.43.